The Balaban J connectivity index is 2.01. The van der Waals surface area contributed by atoms with Gasteiger partial charge in [-0.1, -0.05) is 39.0 Å². The zero-order valence-corrected chi connectivity index (χ0v) is 16.2. The van der Waals surface area contributed by atoms with E-state index in [-0.39, 0.29) is 22.5 Å². The molecule has 0 saturated carbocycles. The summed E-state index contributed by atoms with van der Waals surface area (Å²) >= 11 is 0. The third-order valence-electron chi connectivity index (χ3n) is 4.18. The number of nitro groups is 1. The maximum absolute atomic E-state index is 12.6. The van der Waals surface area contributed by atoms with Gasteiger partial charge in [0.1, 0.15) is 0 Å². The number of carbonyl (C=O) groups is 1. The van der Waals surface area contributed by atoms with Crippen molar-refractivity contribution in [3.05, 3.63) is 81.5 Å². The number of nitro benzene ring substituents is 1. The van der Waals surface area contributed by atoms with Crippen LogP contribution in [0.1, 0.15) is 42.4 Å². The first kappa shape index (κ1) is 19.3. The molecule has 0 aliphatic carbocycles. The second kappa shape index (κ2) is 7.26. The van der Waals surface area contributed by atoms with Gasteiger partial charge in [0.15, 0.2) is 0 Å². The summed E-state index contributed by atoms with van der Waals surface area (Å²) in [4.78, 5) is 23.0. The van der Waals surface area contributed by atoms with Gasteiger partial charge in [-0.3, -0.25) is 10.1 Å². The van der Waals surface area contributed by atoms with E-state index in [1.165, 1.54) is 24.3 Å². The molecule has 3 aromatic rings. The van der Waals surface area contributed by atoms with Crippen molar-refractivity contribution in [2.24, 2.45) is 0 Å². The van der Waals surface area contributed by atoms with Crippen molar-refractivity contribution in [2.75, 3.05) is 0 Å². The fourth-order valence-corrected chi connectivity index (χ4v) is 2.65. The number of benzene rings is 2. The molecule has 0 atom stereocenters. The molecule has 1 aromatic heterocycles. The maximum Gasteiger partial charge on any atom is 0.345 e. The first-order valence-corrected chi connectivity index (χ1v) is 8.79. The van der Waals surface area contributed by atoms with Crippen LogP contribution in [0.15, 0.2) is 54.6 Å². The van der Waals surface area contributed by atoms with E-state index in [0.29, 0.717) is 0 Å². The molecule has 0 aliphatic heterocycles. The number of aryl methyl sites for hydroxylation is 1. The topological polar surface area (TPSA) is 87.3 Å². The van der Waals surface area contributed by atoms with E-state index in [1.807, 2.05) is 52.0 Å². The van der Waals surface area contributed by atoms with Crippen LogP contribution in [0.5, 0.6) is 5.88 Å². The van der Waals surface area contributed by atoms with Gasteiger partial charge in [-0.05, 0) is 30.7 Å². The van der Waals surface area contributed by atoms with Gasteiger partial charge in [0.25, 0.3) is 5.69 Å². The monoisotopic (exact) mass is 379 g/mol. The van der Waals surface area contributed by atoms with Crippen LogP contribution < -0.4 is 4.74 Å². The molecular formula is C21H21N3O4. The molecule has 0 N–H and O–H groups in total. The summed E-state index contributed by atoms with van der Waals surface area (Å²) in [7, 11) is 0. The van der Waals surface area contributed by atoms with Crippen LogP contribution in [0, 0.1) is 17.0 Å². The van der Waals surface area contributed by atoms with Crippen molar-refractivity contribution < 1.29 is 14.5 Å². The van der Waals surface area contributed by atoms with Crippen LogP contribution in [0.4, 0.5) is 5.69 Å². The molecule has 0 aliphatic rings. The molecule has 144 valence electrons. The molecule has 0 unspecified atom stereocenters. The highest BCUT2D eigenvalue weighted by molar-refractivity contribution is 5.91. The Bertz CT molecular complexity index is 1050. The smallest absolute Gasteiger partial charge is 0.345 e. The Kier molecular flexibility index (Phi) is 5.00. The lowest BCUT2D eigenvalue weighted by Crippen LogP contribution is -2.13. The average Bonchev–Trinajstić information content (AvgIpc) is 3.06. The van der Waals surface area contributed by atoms with Crippen molar-refractivity contribution >= 4 is 11.7 Å². The molecule has 28 heavy (non-hydrogen) atoms. The minimum atomic E-state index is -0.682. The zero-order valence-electron chi connectivity index (χ0n) is 16.2. The van der Waals surface area contributed by atoms with Gasteiger partial charge in [0.2, 0.25) is 5.88 Å². The Morgan fingerprint density at radius 3 is 2.46 bits per heavy atom. The van der Waals surface area contributed by atoms with Crippen LogP contribution in [0.25, 0.3) is 5.69 Å². The third kappa shape index (κ3) is 4.09. The number of hydrogen-bond donors (Lipinski definition) is 0. The second-order valence-electron chi connectivity index (χ2n) is 7.57. The lowest BCUT2D eigenvalue weighted by molar-refractivity contribution is -0.384. The number of hydrogen-bond acceptors (Lipinski definition) is 5. The van der Waals surface area contributed by atoms with Gasteiger partial charge in [0, 0.05) is 23.6 Å². The van der Waals surface area contributed by atoms with E-state index in [2.05, 4.69) is 5.10 Å². The molecule has 7 heteroatoms. The van der Waals surface area contributed by atoms with E-state index in [1.54, 1.807) is 10.7 Å². The summed E-state index contributed by atoms with van der Waals surface area (Å²) in [5.74, 6) is -0.426. The van der Waals surface area contributed by atoms with E-state index in [9.17, 15) is 14.9 Å². The fourth-order valence-electron chi connectivity index (χ4n) is 2.65. The molecule has 3 rings (SSSR count). The van der Waals surface area contributed by atoms with Crippen LogP contribution in [-0.4, -0.2) is 20.7 Å². The second-order valence-corrected chi connectivity index (χ2v) is 7.57. The largest absolute Gasteiger partial charge is 0.404 e. The van der Waals surface area contributed by atoms with Crippen molar-refractivity contribution in [1.82, 2.24) is 9.78 Å². The minimum absolute atomic E-state index is 0.100. The van der Waals surface area contributed by atoms with Gasteiger partial charge < -0.3 is 4.74 Å². The van der Waals surface area contributed by atoms with Crippen LogP contribution in [-0.2, 0) is 5.41 Å². The summed E-state index contributed by atoms with van der Waals surface area (Å²) in [6.07, 6.45) is 0. The van der Waals surface area contributed by atoms with Gasteiger partial charge in [-0.2, -0.15) is 5.10 Å². The number of non-ortho nitro benzene ring substituents is 1. The highest BCUT2D eigenvalue weighted by Crippen LogP contribution is 2.28. The summed E-state index contributed by atoms with van der Waals surface area (Å²) in [5, 5.41) is 15.6. The minimum Gasteiger partial charge on any atom is -0.404 e. The van der Waals surface area contributed by atoms with E-state index in [0.717, 1.165) is 16.9 Å². The van der Waals surface area contributed by atoms with Gasteiger partial charge >= 0.3 is 5.97 Å². The molecule has 0 saturated heterocycles. The first-order chi connectivity index (χ1) is 13.1. The summed E-state index contributed by atoms with van der Waals surface area (Å²) in [6, 6.07) is 14.8. The van der Waals surface area contributed by atoms with E-state index in [4.69, 9.17) is 4.74 Å². The van der Waals surface area contributed by atoms with Gasteiger partial charge in [-0.25, -0.2) is 9.48 Å². The standard InChI is InChI=1S/C21H21N3O4/c1-14-7-5-9-16(11-14)23-19(13-18(22-23)21(2,3)4)28-20(25)15-8-6-10-17(12-15)24(26)27/h5-13H,1-4H3. The number of rotatable bonds is 4. The van der Waals surface area contributed by atoms with E-state index >= 15 is 0 Å². The van der Waals surface area contributed by atoms with Gasteiger partial charge in [0.05, 0.1) is 21.9 Å². The van der Waals surface area contributed by atoms with Crippen LogP contribution in [0.3, 0.4) is 0 Å². The molecule has 0 spiro atoms. The third-order valence-corrected chi connectivity index (χ3v) is 4.18. The number of nitrogens with zero attached hydrogens (tertiary/aromatic N) is 3. The first-order valence-electron chi connectivity index (χ1n) is 8.79. The number of aromatic nitrogens is 2. The molecule has 1 heterocycles. The molecule has 0 radical (unpaired) electrons. The van der Waals surface area contributed by atoms with Crippen LogP contribution >= 0.6 is 0 Å². The number of esters is 1. The Labute approximate surface area is 162 Å². The summed E-state index contributed by atoms with van der Waals surface area (Å²) in [5.41, 5.74) is 2.25. The number of ether oxygens (including phenoxy) is 1. The quantitative estimate of drug-likeness (QED) is 0.375. The van der Waals surface area contributed by atoms with Crippen molar-refractivity contribution in [1.29, 1.82) is 0 Å². The maximum atomic E-state index is 12.6. The lowest BCUT2D eigenvalue weighted by atomic mass is 9.93. The fraction of sp³-hybridized carbons (Fsp3) is 0.238. The summed E-state index contributed by atoms with van der Waals surface area (Å²) < 4.78 is 7.15. The number of carbonyl (C=O) groups excluding carboxylic acids is 1. The molecular weight excluding hydrogens is 358 g/mol. The van der Waals surface area contributed by atoms with Crippen LogP contribution in [0.2, 0.25) is 0 Å². The molecule has 0 bridgehead atoms. The summed E-state index contributed by atoms with van der Waals surface area (Å²) in [6.45, 7) is 8.01. The molecule has 0 fully saturated rings. The Hall–Kier alpha value is -3.48. The molecule has 0 amide bonds. The van der Waals surface area contributed by atoms with Crippen molar-refractivity contribution in [3.8, 4) is 11.6 Å². The van der Waals surface area contributed by atoms with Crippen molar-refractivity contribution in [3.63, 3.8) is 0 Å². The lowest BCUT2D eigenvalue weighted by Gasteiger charge is -2.14. The highest BCUT2D eigenvalue weighted by atomic mass is 16.6. The predicted octanol–water partition coefficient (Wildman–Crippen LogP) is 4.61. The van der Waals surface area contributed by atoms with Gasteiger partial charge in [-0.15, -0.1) is 0 Å². The Morgan fingerprint density at radius 2 is 1.82 bits per heavy atom. The average molecular weight is 379 g/mol. The Morgan fingerprint density at radius 1 is 1.11 bits per heavy atom. The SMILES string of the molecule is Cc1cccc(-n2nc(C(C)(C)C)cc2OC(=O)c2cccc([N+](=O)[O-])c2)c1. The normalized spacial score (nSPS) is 11.3. The van der Waals surface area contributed by atoms with E-state index < -0.39 is 10.9 Å². The molecule has 2 aromatic carbocycles. The van der Waals surface area contributed by atoms with Crippen molar-refractivity contribution in [2.45, 2.75) is 33.1 Å². The zero-order chi connectivity index (χ0) is 20.5. The predicted molar refractivity (Wildman–Crippen MR) is 105 cm³/mol. The highest BCUT2D eigenvalue weighted by Gasteiger charge is 2.23. The molecule has 7 nitrogen and oxygen atoms in total.